The summed E-state index contributed by atoms with van der Waals surface area (Å²) in [4.78, 5) is 4.32. The smallest absolute Gasteiger partial charge is 0.168 e. The van der Waals surface area contributed by atoms with Crippen LogP contribution in [0.25, 0.3) is 0 Å². The SMILES string of the molecule is CCC(C)Sc1ncc(CCl)n1C. The Balaban J connectivity index is 2.72. The molecule has 0 N–H and O–H groups in total. The molecule has 1 aromatic rings. The predicted molar refractivity (Wildman–Crippen MR) is 58.4 cm³/mol. The molecule has 4 heteroatoms. The fourth-order valence-electron chi connectivity index (χ4n) is 0.923. The van der Waals surface area contributed by atoms with Crippen molar-refractivity contribution in [2.45, 2.75) is 36.6 Å². The van der Waals surface area contributed by atoms with Gasteiger partial charge < -0.3 is 4.57 Å². The molecular formula is C9H15ClN2S. The predicted octanol–water partition coefficient (Wildman–Crippen LogP) is 3.05. The number of imidazole rings is 1. The Hall–Kier alpha value is -0.150. The summed E-state index contributed by atoms with van der Waals surface area (Å²) >= 11 is 7.55. The van der Waals surface area contributed by atoms with Crippen LogP contribution in [0.1, 0.15) is 26.0 Å². The van der Waals surface area contributed by atoms with Crippen LogP contribution < -0.4 is 0 Å². The normalized spacial score (nSPS) is 13.2. The molecule has 1 atom stereocenters. The van der Waals surface area contributed by atoms with E-state index in [2.05, 4.69) is 23.4 Å². The molecule has 74 valence electrons. The van der Waals surface area contributed by atoms with Crippen LogP contribution in [0.15, 0.2) is 11.4 Å². The Morgan fingerprint density at radius 2 is 2.38 bits per heavy atom. The van der Waals surface area contributed by atoms with Gasteiger partial charge >= 0.3 is 0 Å². The summed E-state index contributed by atoms with van der Waals surface area (Å²) in [7, 11) is 2.01. The fourth-order valence-corrected chi connectivity index (χ4v) is 2.09. The Kier molecular flexibility index (Phi) is 4.13. The molecule has 0 spiro atoms. The number of alkyl halides is 1. The first-order valence-electron chi connectivity index (χ1n) is 4.42. The van der Waals surface area contributed by atoms with Crippen LogP contribution in [-0.2, 0) is 12.9 Å². The molecule has 0 fully saturated rings. The Bertz CT molecular complexity index is 273. The lowest BCUT2D eigenvalue weighted by Crippen LogP contribution is -1.99. The van der Waals surface area contributed by atoms with Crippen molar-refractivity contribution in [1.82, 2.24) is 9.55 Å². The second-order valence-corrected chi connectivity index (χ2v) is 4.73. The summed E-state index contributed by atoms with van der Waals surface area (Å²) in [6, 6.07) is 0. The molecule has 0 amide bonds. The lowest BCUT2D eigenvalue weighted by Gasteiger charge is -2.08. The third-order valence-electron chi connectivity index (χ3n) is 2.06. The van der Waals surface area contributed by atoms with Crippen LogP contribution in [0.3, 0.4) is 0 Å². The molecule has 0 aliphatic rings. The number of rotatable bonds is 4. The zero-order chi connectivity index (χ0) is 9.84. The molecular weight excluding hydrogens is 204 g/mol. The summed E-state index contributed by atoms with van der Waals surface area (Å²) in [5.41, 5.74) is 1.08. The zero-order valence-electron chi connectivity index (χ0n) is 8.25. The highest BCUT2D eigenvalue weighted by molar-refractivity contribution is 7.99. The van der Waals surface area contributed by atoms with Crippen LogP contribution in [0.2, 0.25) is 0 Å². The lowest BCUT2D eigenvalue weighted by molar-refractivity contribution is 0.754. The second kappa shape index (κ2) is 4.91. The molecule has 0 radical (unpaired) electrons. The maximum Gasteiger partial charge on any atom is 0.168 e. The fraction of sp³-hybridized carbons (Fsp3) is 0.667. The van der Waals surface area contributed by atoms with E-state index in [1.54, 1.807) is 11.8 Å². The van der Waals surface area contributed by atoms with E-state index >= 15 is 0 Å². The second-order valence-electron chi connectivity index (χ2n) is 3.06. The largest absolute Gasteiger partial charge is 0.325 e. The maximum atomic E-state index is 5.75. The molecule has 0 aromatic carbocycles. The molecule has 1 rings (SSSR count). The quantitative estimate of drug-likeness (QED) is 0.571. The minimum absolute atomic E-state index is 0.532. The molecule has 13 heavy (non-hydrogen) atoms. The molecule has 1 heterocycles. The first kappa shape index (κ1) is 10.9. The topological polar surface area (TPSA) is 17.8 Å². The van der Waals surface area contributed by atoms with Gasteiger partial charge in [-0.3, -0.25) is 0 Å². The average molecular weight is 219 g/mol. The van der Waals surface area contributed by atoms with Gasteiger partial charge in [0, 0.05) is 12.3 Å². The van der Waals surface area contributed by atoms with Crippen molar-refractivity contribution in [3.05, 3.63) is 11.9 Å². The average Bonchev–Trinajstić information content (AvgIpc) is 2.48. The first-order chi connectivity index (χ1) is 6.19. The maximum absolute atomic E-state index is 5.75. The van der Waals surface area contributed by atoms with Crippen molar-refractivity contribution < 1.29 is 0 Å². The van der Waals surface area contributed by atoms with Crippen LogP contribution >= 0.6 is 23.4 Å². The number of nitrogens with zero attached hydrogens (tertiary/aromatic N) is 2. The number of aromatic nitrogens is 2. The van der Waals surface area contributed by atoms with E-state index in [-0.39, 0.29) is 0 Å². The van der Waals surface area contributed by atoms with Crippen LogP contribution in [0.4, 0.5) is 0 Å². The molecule has 0 aliphatic heterocycles. The van der Waals surface area contributed by atoms with E-state index in [1.807, 2.05) is 13.2 Å². The zero-order valence-corrected chi connectivity index (χ0v) is 9.82. The van der Waals surface area contributed by atoms with Gasteiger partial charge in [-0.15, -0.1) is 11.6 Å². The molecule has 0 aliphatic carbocycles. The highest BCUT2D eigenvalue weighted by atomic mass is 35.5. The summed E-state index contributed by atoms with van der Waals surface area (Å²) in [5.74, 6) is 0.532. The summed E-state index contributed by atoms with van der Waals surface area (Å²) in [6.45, 7) is 4.39. The van der Waals surface area contributed by atoms with E-state index in [4.69, 9.17) is 11.6 Å². The van der Waals surface area contributed by atoms with Gasteiger partial charge in [0.25, 0.3) is 0 Å². The van der Waals surface area contributed by atoms with Crippen LogP contribution in [0.5, 0.6) is 0 Å². The van der Waals surface area contributed by atoms with Crippen molar-refractivity contribution in [1.29, 1.82) is 0 Å². The summed E-state index contributed by atoms with van der Waals surface area (Å²) in [5, 5.41) is 1.68. The molecule has 2 nitrogen and oxygen atoms in total. The van der Waals surface area contributed by atoms with Crippen molar-refractivity contribution in [3.8, 4) is 0 Å². The van der Waals surface area contributed by atoms with Gasteiger partial charge in [-0.05, 0) is 6.42 Å². The van der Waals surface area contributed by atoms with Gasteiger partial charge in [-0.2, -0.15) is 0 Å². The van der Waals surface area contributed by atoms with Gasteiger partial charge in [0.15, 0.2) is 5.16 Å². The first-order valence-corrected chi connectivity index (χ1v) is 5.83. The minimum atomic E-state index is 0.532. The van der Waals surface area contributed by atoms with E-state index < -0.39 is 0 Å². The lowest BCUT2D eigenvalue weighted by atomic mass is 10.4. The Labute approximate surface area is 88.7 Å². The molecule has 1 aromatic heterocycles. The highest BCUT2D eigenvalue weighted by Crippen LogP contribution is 2.24. The van der Waals surface area contributed by atoms with Gasteiger partial charge in [0.05, 0.1) is 17.8 Å². The van der Waals surface area contributed by atoms with Crippen molar-refractivity contribution >= 4 is 23.4 Å². The number of halogens is 1. The van der Waals surface area contributed by atoms with Gasteiger partial charge in [0.1, 0.15) is 0 Å². The Morgan fingerprint density at radius 3 is 2.85 bits per heavy atom. The third kappa shape index (κ3) is 2.64. The van der Waals surface area contributed by atoms with E-state index in [0.29, 0.717) is 11.1 Å². The minimum Gasteiger partial charge on any atom is -0.325 e. The molecule has 0 bridgehead atoms. The number of hydrogen-bond acceptors (Lipinski definition) is 2. The highest BCUT2D eigenvalue weighted by Gasteiger charge is 2.08. The molecule has 0 saturated carbocycles. The van der Waals surface area contributed by atoms with E-state index in [0.717, 1.165) is 17.3 Å². The van der Waals surface area contributed by atoms with Crippen LogP contribution in [-0.4, -0.2) is 14.8 Å². The van der Waals surface area contributed by atoms with Crippen molar-refractivity contribution in [3.63, 3.8) is 0 Å². The molecule has 1 unspecified atom stereocenters. The van der Waals surface area contributed by atoms with E-state index in [1.165, 1.54) is 0 Å². The van der Waals surface area contributed by atoms with Gasteiger partial charge in [0.2, 0.25) is 0 Å². The molecule has 0 saturated heterocycles. The van der Waals surface area contributed by atoms with E-state index in [9.17, 15) is 0 Å². The Morgan fingerprint density at radius 1 is 1.69 bits per heavy atom. The van der Waals surface area contributed by atoms with Gasteiger partial charge in [-0.1, -0.05) is 25.6 Å². The number of thioether (sulfide) groups is 1. The van der Waals surface area contributed by atoms with Crippen molar-refractivity contribution in [2.75, 3.05) is 0 Å². The van der Waals surface area contributed by atoms with Crippen molar-refractivity contribution in [2.24, 2.45) is 7.05 Å². The van der Waals surface area contributed by atoms with Crippen LogP contribution in [0, 0.1) is 0 Å². The standard InChI is InChI=1S/C9H15ClN2S/c1-4-7(2)13-9-11-6-8(5-10)12(9)3/h6-7H,4-5H2,1-3H3. The summed E-state index contributed by atoms with van der Waals surface area (Å²) < 4.78 is 2.06. The summed E-state index contributed by atoms with van der Waals surface area (Å²) in [6.07, 6.45) is 3.01. The monoisotopic (exact) mass is 218 g/mol. The van der Waals surface area contributed by atoms with Gasteiger partial charge in [-0.25, -0.2) is 4.98 Å². The number of hydrogen-bond donors (Lipinski definition) is 0. The third-order valence-corrected chi connectivity index (χ3v) is 3.66.